The van der Waals surface area contributed by atoms with E-state index >= 15 is 0 Å². The molecule has 0 radical (unpaired) electrons. The van der Waals surface area contributed by atoms with Crippen LogP contribution >= 0.6 is 0 Å². The molecule has 0 rings (SSSR count). The minimum Gasteiger partial charge on any atom is -0.313 e. The van der Waals surface area contributed by atoms with E-state index in [1.54, 1.807) is 0 Å². The first-order valence-corrected chi connectivity index (χ1v) is 5.77. The van der Waals surface area contributed by atoms with Gasteiger partial charge in [-0.05, 0) is 25.8 Å². The molecule has 1 atom stereocenters. The number of likely N-dealkylation sites (N-methyl/N-ethyl adjacent to an activating group) is 1. The molecule has 0 amide bonds. The van der Waals surface area contributed by atoms with Crippen LogP contribution in [0.4, 0.5) is 0 Å². The zero-order valence-electron chi connectivity index (χ0n) is 10.9. The van der Waals surface area contributed by atoms with Gasteiger partial charge in [-0.1, -0.05) is 27.7 Å². The van der Waals surface area contributed by atoms with Crippen molar-refractivity contribution >= 4 is 0 Å². The smallest absolute Gasteiger partial charge is 0.0104 e. The van der Waals surface area contributed by atoms with Crippen molar-refractivity contribution in [1.82, 2.24) is 10.2 Å². The molecule has 0 aliphatic heterocycles. The van der Waals surface area contributed by atoms with Crippen LogP contribution in [-0.2, 0) is 0 Å². The second-order valence-electron chi connectivity index (χ2n) is 5.56. The van der Waals surface area contributed by atoms with Crippen molar-refractivity contribution in [3.63, 3.8) is 0 Å². The molecule has 0 saturated heterocycles. The SMILES string of the molecule is CCC(C)NCCN(C)CC(C)(C)C. The van der Waals surface area contributed by atoms with Gasteiger partial charge in [-0.3, -0.25) is 0 Å². The molecule has 2 heteroatoms. The molecule has 2 nitrogen and oxygen atoms in total. The largest absolute Gasteiger partial charge is 0.313 e. The lowest BCUT2D eigenvalue weighted by molar-refractivity contribution is 0.225. The van der Waals surface area contributed by atoms with Gasteiger partial charge in [0.05, 0.1) is 0 Å². The number of rotatable bonds is 6. The average molecular weight is 200 g/mol. The summed E-state index contributed by atoms with van der Waals surface area (Å²) in [7, 11) is 2.20. The maximum atomic E-state index is 3.51. The molecule has 14 heavy (non-hydrogen) atoms. The number of nitrogens with one attached hydrogen (secondary N) is 1. The van der Waals surface area contributed by atoms with E-state index < -0.39 is 0 Å². The Labute approximate surface area is 90.1 Å². The zero-order valence-corrected chi connectivity index (χ0v) is 10.9. The Bertz CT molecular complexity index is 138. The van der Waals surface area contributed by atoms with Gasteiger partial charge in [0.25, 0.3) is 0 Å². The standard InChI is InChI=1S/C12H28N2/c1-7-11(2)13-8-9-14(6)10-12(3,4)5/h11,13H,7-10H2,1-6H3. The van der Waals surface area contributed by atoms with Crippen molar-refractivity contribution in [2.24, 2.45) is 5.41 Å². The Hall–Kier alpha value is -0.0800. The van der Waals surface area contributed by atoms with E-state index in [1.807, 2.05) is 0 Å². The summed E-state index contributed by atoms with van der Waals surface area (Å²) in [6, 6.07) is 0.651. The summed E-state index contributed by atoms with van der Waals surface area (Å²) in [5.41, 5.74) is 0.408. The van der Waals surface area contributed by atoms with Crippen LogP contribution in [0.25, 0.3) is 0 Å². The fourth-order valence-electron chi connectivity index (χ4n) is 1.53. The molecule has 1 N–H and O–H groups in total. The molecule has 0 saturated carbocycles. The van der Waals surface area contributed by atoms with Gasteiger partial charge in [0.2, 0.25) is 0 Å². The molecule has 0 fully saturated rings. The fraction of sp³-hybridized carbons (Fsp3) is 1.00. The Kier molecular flexibility index (Phi) is 6.38. The Morgan fingerprint density at radius 2 is 1.86 bits per heavy atom. The van der Waals surface area contributed by atoms with Crippen LogP contribution in [0.2, 0.25) is 0 Å². The van der Waals surface area contributed by atoms with Crippen LogP contribution in [0.1, 0.15) is 41.0 Å². The van der Waals surface area contributed by atoms with Gasteiger partial charge in [0, 0.05) is 25.7 Å². The molecule has 0 bridgehead atoms. The van der Waals surface area contributed by atoms with Crippen molar-refractivity contribution in [1.29, 1.82) is 0 Å². The monoisotopic (exact) mass is 200 g/mol. The van der Waals surface area contributed by atoms with Gasteiger partial charge < -0.3 is 10.2 Å². The van der Waals surface area contributed by atoms with Crippen LogP contribution < -0.4 is 5.32 Å². The highest BCUT2D eigenvalue weighted by atomic mass is 15.1. The number of nitrogens with zero attached hydrogens (tertiary/aromatic N) is 1. The third kappa shape index (κ3) is 8.52. The first-order valence-electron chi connectivity index (χ1n) is 5.77. The first kappa shape index (κ1) is 13.9. The molecule has 0 aromatic rings. The highest BCUT2D eigenvalue weighted by Gasteiger charge is 2.12. The van der Waals surface area contributed by atoms with E-state index in [2.05, 4.69) is 51.9 Å². The predicted molar refractivity (Wildman–Crippen MR) is 64.7 cm³/mol. The zero-order chi connectivity index (χ0) is 11.2. The normalized spacial score (nSPS) is 14.8. The Morgan fingerprint density at radius 1 is 1.29 bits per heavy atom. The molecule has 0 aromatic heterocycles. The Balaban J connectivity index is 3.50. The molecule has 0 spiro atoms. The summed E-state index contributed by atoms with van der Waals surface area (Å²) in [6.45, 7) is 14.7. The van der Waals surface area contributed by atoms with Crippen molar-refractivity contribution in [3.8, 4) is 0 Å². The molecule has 1 unspecified atom stereocenters. The lowest BCUT2D eigenvalue weighted by Gasteiger charge is -2.27. The molecule has 0 heterocycles. The van der Waals surface area contributed by atoms with E-state index in [-0.39, 0.29) is 0 Å². The minimum atomic E-state index is 0.408. The van der Waals surface area contributed by atoms with Crippen molar-refractivity contribution in [3.05, 3.63) is 0 Å². The summed E-state index contributed by atoms with van der Waals surface area (Å²) < 4.78 is 0. The second kappa shape index (κ2) is 6.41. The number of hydrogen-bond acceptors (Lipinski definition) is 2. The molecular formula is C12H28N2. The molecule has 0 aliphatic carbocycles. The second-order valence-corrected chi connectivity index (χ2v) is 5.56. The highest BCUT2D eigenvalue weighted by Crippen LogP contribution is 2.13. The Morgan fingerprint density at radius 3 is 2.29 bits per heavy atom. The van der Waals surface area contributed by atoms with Gasteiger partial charge >= 0.3 is 0 Å². The maximum absolute atomic E-state index is 3.51. The summed E-state index contributed by atoms with van der Waals surface area (Å²) >= 11 is 0. The lowest BCUT2D eigenvalue weighted by Crippen LogP contribution is -2.37. The molecule has 0 aliphatic rings. The number of hydrogen-bond donors (Lipinski definition) is 1. The van der Waals surface area contributed by atoms with Crippen LogP contribution in [0.15, 0.2) is 0 Å². The van der Waals surface area contributed by atoms with E-state index in [9.17, 15) is 0 Å². The quantitative estimate of drug-likeness (QED) is 0.708. The summed E-state index contributed by atoms with van der Waals surface area (Å²) in [6.07, 6.45) is 1.21. The first-order chi connectivity index (χ1) is 6.35. The van der Waals surface area contributed by atoms with Gasteiger partial charge in [-0.15, -0.1) is 0 Å². The predicted octanol–water partition coefficient (Wildman–Crippen LogP) is 2.35. The fourth-order valence-corrected chi connectivity index (χ4v) is 1.53. The third-order valence-electron chi connectivity index (χ3n) is 2.34. The van der Waals surface area contributed by atoms with Crippen molar-refractivity contribution < 1.29 is 0 Å². The summed E-state index contributed by atoms with van der Waals surface area (Å²) in [5.74, 6) is 0. The van der Waals surface area contributed by atoms with E-state index in [1.165, 1.54) is 6.42 Å². The highest BCUT2D eigenvalue weighted by molar-refractivity contribution is 4.67. The van der Waals surface area contributed by atoms with Gasteiger partial charge in [-0.2, -0.15) is 0 Å². The molecular weight excluding hydrogens is 172 g/mol. The third-order valence-corrected chi connectivity index (χ3v) is 2.34. The minimum absolute atomic E-state index is 0.408. The van der Waals surface area contributed by atoms with Crippen molar-refractivity contribution in [2.75, 3.05) is 26.7 Å². The topological polar surface area (TPSA) is 15.3 Å². The summed E-state index contributed by atoms with van der Waals surface area (Å²) in [5, 5.41) is 3.51. The van der Waals surface area contributed by atoms with E-state index in [4.69, 9.17) is 0 Å². The van der Waals surface area contributed by atoms with Crippen LogP contribution in [0.3, 0.4) is 0 Å². The van der Waals surface area contributed by atoms with Crippen LogP contribution in [0.5, 0.6) is 0 Å². The summed E-state index contributed by atoms with van der Waals surface area (Å²) in [4.78, 5) is 2.40. The molecule has 86 valence electrons. The van der Waals surface area contributed by atoms with Gasteiger partial charge in [0.1, 0.15) is 0 Å². The van der Waals surface area contributed by atoms with E-state index in [0.29, 0.717) is 11.5 Å². The molecule has 0 aromatic carbocycles. The van der Waals surface area contributed by atoms with Crippen LogP contribution in [-0.4, -0.2) is 37.6 Å². The average Bonchev–Trinajstić information content (AvgIpc) is 2.00. The maximum Gasteiger partial charge on any atom is 0.0104 e. The van der Waals surface area contributed by atoms with E-state index in [0.717, 1.165) is 19.6 Å². The lowest BCUT2D eigenvalue weighted by atomic mass is 9.96. The van der Waals surface area contributed by atoms with Gasteiger partial charge in [-0.25, -0.2) is 0 Å². The van der Waals surface area contributed by atoms with Crippen molar-refractivity contribution in [2.45, 2.75) is 47.1 Å². The van der Waals surface area contributed by atoms with Crippen LogP contribution in [0, 0.1) is 5.41 Å². The van der Waals surface area contributed by atoms with Gasteiger partial charge in [0.15, 0.2) is 0 Å².